The van der Waals surface area contributed by atoms with Crippen LogP contribution in [0.15, 0.2) is 52.9 Å². The Kier molecular flexibility index (Phi) is 7.05. The second-order valence-corrected chi connectivity index (χ2v) is 11.1. The van der Waals surface area contributed by atoms with E-state index in [2.05, 4.69) is 10.3 Å². The van der Waals surface area contributed by atoms with Gasteiger partial charge in [-0.15, -0.1) is 11.3 Å². The summed E-state index contributed by atoms with van der Waals surface area (Å²) in [6.07, 6.45) is 1.68. The maximum Gasteiger partial charge on any atom is 0.254 e. The zero-order valence-corrected chi connectivity index (χ0v) is 20.8. The smallest absolute Gasteiger partial charge is 0.254 e. The van der Waals surface area contributed by atoms with Gasteiger partial charge in [0.25, 0.3) is 5.91 Å². The molecule has 11 heteroatoms. The molecule has 0 saturated carbocycles. The van der Waals surface area contributed by atoms with Gasteiger partial charge in [-0.3, -0.25) is 4.79 Å². The van der Waals surface area contributed by atoms with E-state index in [-0.39, 0.29) is 16.4 Å². The Hall–Kier alpha value is -3.15. The number of thiazole rings is 1. The fourth-order valence-corrected chi connectivity index (χ4v) is 5.05. The molecule has 1 aliphatic heterocycles. The molecule has 2 heterocycles. The van der Waals surface area contributed by atoms with E-state index in [4.69, 9.17) is 9.47 Å². The minimum absolute atomic E-state index is 0.0377. The summed E-state index contributed by atoms with van der Waals surface area (Å²) in [5.41, 5.74) is 1.72. The zero-order valence-electron chi connectivity index (χ0n) is 19.1. The summed E-state index contributed by atoms with van der Waals surface area (Å²) in [5.74, 6) is 1.08. The van der Waals surface area contributed by atoms with Crippen LogP contribution in [0, 0.1) is 0 Å². The number of hydrogen-bond acceptors (Lipinski definition) is 8. The Bertz CT molecular complexity index is 1280. The van der Waals surface area contributed by atoms with Crippen LogP contribution in [0.4, 0.5) is 5.69 Å². The normalized spacial score (nSPS) is 13.1. The molecule has 34 heavy (non-hydrogen) atoms. The molecule has 180 valence electrons. The molecule has 0 saturated heterocycles. The molecule has 9 nitrogen and oxygen atoms in total. The van der Waals surface area contributed by atoms with Crippen LogP contribution in [0.1, 0.15) is 20.9 Å². The fraction of sp³-hybridized carbons (Fsp3) is 0.304. The predicted molar refractivity (Wildman–Crippen MR) is 130 cm³/mol. The summed E-state index contributed by atoms with van der Waals surface area (Å²) in [6, 6.07) is 10.2. The van der Waals surface area contributed by atoms with Crippen molar-refractivity contribution in [3.05, 3.63) is 64.1 Å². The largest absolute Gasteiger partial charge is 0.486 e. The second kappa shape index (κ2) is 10.00. The number of nitrogens with one attached hydrogen (secondary N) is 1. The van der Waals surface area contributed by atoms with Crippen molar-refractivity contribution >= 4 is 33.0 Å². The SMILES string of the molecule is CN(Cc1nccs1)C(=O)c1cc(NCc2ccc3c(c2)OCCO3)cc(S(=O)(=O)N(C)C)c1. The van der Waals surface area contributed by atoms with Crippen LogP contribution in [0.3, 0.4) is 0 Å². The summed E-state index contributed by atoms with van der Waals surface area (Å²) >= 11 is 1.45. The Morgan fingerprint density at radius 2 is 1.85 bits per heavy atom. The van der Waals surface area contributed by atoms with Crippen LogP contribution < -0.4 is 14.8 Å². The monoisotopic (exact) mass is 502 g/mol. The molecule has 0 fully saturated rings. The van der Waals surface area contributed by atoms with Crippen LogP contribution in [0.2, 0.25) is 0 Å². The third-order valence-electron chi connectivity index (χ3n) is 5.24. The number of amides is 1. The van der Waals surface area contributed by atoms with Crippen LogP contribution in [0.5, 0.6) is 11.5 Å². The lowest BCUT2D eigenvalue weighted by molar-refractivity contribution is 0.0784. The highest BCUT2D eigenvalue weighted by Gasteiger charge is 2.22. The van der Waals surface area contributed by atoms with Gasteiger partial charge in [0.2, 0.25) is 10.0 Å². The van der Waals surface area contributed by atoms with Gasteiger partial charge in [0.15, 0.2) is 11.5 Å². The minimum atomic E-state index is -3.75. The summed E-state index contributed by atoms with van der Waals surface area (Å²) in [5, 5.41) is 5.88. The molecule has 2 aromatic carbocycles. The van der Waals surface area contributed by atoms with Gasteiger partial charge < -0.3 is 19.7 Å². The molecule has 1 aromatic heterocycles. The van der Waals surface area contributed by atoms with E-state index in [1.807, 2.05) is 23.6 Å². The third kappa shape index (κ3) is 5.32. The predicted octanol–water partition coefficient (Wildman–Crippen LogP) is 3.05. The quantitative estimate of drug-likeness (QED) is 0.505. The molecule has 0 aliphatic carbocycles. The van der Waals surface area contributed by atoms with Crippen LogP contribution in [0.25, 0.3) is 0 Å². The van der Waals surface area contributed by atoms with Crippen LogP contribution in [-0.4, -0.2) is 62.9 Å². The highest BCUT2D eigenvalue weighted by atomic mass is 32.2. The van der Waals surface area contributed by atoms with E-state index in [0.717, 1.165) is 14.9 Å². The van der Waals surface area contributed by atoms with Crippen molar-refractivity contribution in [1.29, 1.82) is 0 Å². The Balaban J connectivity index is 1.60. The summed E-state index contributed by atoms with van der Waals surface area (Å²) < 4.78 is 38.0. The number of carbonyl (C=O) groups excluding carboxylic acids is 1. The van der Waals surface area contributed by atoms with E-state index in [1.165, 1.54) is 42.5 Å². The van der Waals surface area contributed by atoms with E-state index >= 15 is 0 Å². The summed E-state index contributed by atoms with van der Waals surface area (Å²) in [7, 11) is 0.834. The number of benzene rings is 2. The number of aromatic nitrogens is 1. The van der Waals surface area contributed by atoms with E-state index in [0.29, 0.717) is 43.5 Å². The molecule has 0 spiro atoms. The minimum Gasteiger partial charge on any atom is -0.486 e. The molecule has 0 radical (unpaired) electrons. The van der Waals surface area contributed by atoms with Crippen LogP contribution in [-0.2, 0) is 23.1 Å². The molecule has 1 N–H and O–H groups in total. The Morgan fingerprint density at radius 1 is 1.09 bits per heavy atom. The number of fused-ring (bicyclic) bond motifs is 1. The molecule has 0 bridgehead atoms. The first kappa shape index (κ1) is 24.0. The van der Waals surface area contributed by atoms with Crippen molar-refractivity contribution in [2.45, 2.75) is 18.0 Å². The van der Waals surface area contributed by atoms with E-state index in [9.17, 15) is 13.2 Å². The summed E-state index contributed by atoms with van der Waals surface area (Å²) in [6.45, 7) is 1.76. The third-order valence-corrected chi connectivity index (χ3v) is 7.80. The van der Waals surface area contributed by atoms with Gasteiger partial charge in [-0.05, 0) is 35.9 Å². The van der Waals surface area contributed by atoms with Gasteiger partial charge in [0.1, 0.15) is 18.2 Å². The van der Waals surface area contributed by atoms with Gasteiger partial charge in [-0.2, -0.15) is 0 Å². The van der Waals surface area contributed by atoms with Crippen molar-refractivity contribution in [2.75, 3.05) is 39.7 Å². The average Bonchev–Trinajstić information content (AvgIpc) is 3.34. The molecule has 0 unspecified atom stereocenters. The lowest BCUT2D eigenvalue weighted by atomic mass is 10.1. The average molecular weight is 503 g/mol. The molecule has 1 amide bonds. The topological polar surface area (TPSA) is 101 Å². The number of rotatable bonds is 8. The lowest BCUT2D eigenvalue weighted by Gasteiger charge is -2.20. The van der Waals surface area contributed by atoms with Crippen molar-refractivity contribution in [2.24, 2.45) is 0 Å². The van der Waals surface area contributed by atoms with Gasteiger partial charge in [0.05, 0.1) is 11.4 Å². The second-order valence-electron chi connectivity index (χ2n) is 7.95. The van der Waals surface area contributed by atoms with Gasteiger partial charge in [0, 0.05) is 50.5 Å². The number of hydrogen-bond donors (Lipinski definition) is 1. The Labute approximate surface area is 203 Å². The fourth-order valence-electron chi connectivity index (χ4n) is 3.41. The lowest BCUT2D eigenvalue weighted by Crippen LogP contribution is -2.27. The highest BCUT2D eigenvalue weighted by molar-refractivity contribution is 7.89. The number of nitrogens with zero attached hydrogens (tertiary/aromatic N) is 3. The molecular weight excluding hydrogens is 476 g/mol. The van der Waals surface area contributed by atoms with E-state index in [1.54, 1.807) is 19.3 Å². The molecule has 3 aromatic rings. The van der Waals surface area contributed by atoms with Crippen molar-refractivity contribution < 1.29 is 22.7 Å². The molecule has 1 aliphatic rings. The molecule has 4 rings (SSSR count). The first-order valence-electron chi connectivity index (χ1n) is 10.6. The van der Waals surface area contributed by atoms with Crippen molar-refractivity contribution in [3.63, 3.8) is 0 Å². The van der Waals surface area contributed by atoms with Crippen LogP contribution >= 0.6 is 11.3 Å². The maximum atomic E-state index is 13.1. The molecule has 0 atom stereocenters. The number of sulfonamides is 1. The number of anilines is 1. The summed E-state index contributed by atoms with van der Waals surface area (Å²) in [4.78, 5) is 18.9. The zero-order chi connectivity index (χ0) is 24.3. The maximum absolute atomic E-state index is 13.1. The van der Waals surface area contributed by atoms with Gasteiger partial charge in [-0.25, -0.2) is 17.7 Å². The van der Waals surface area contributed by atoms with Crippen molar-refractivity contribution in [1.82, 2.24) is 14.2 Å². The first-order valence-corrected chi connectivity index (χ1v) is 12.9. The number of ether oxygens (including phenoxy) is 2. The first-order chi connectivity index (χ1) is 16.2. The Morgan fingerprint density at radius 3 is 2.56 bits per heavy atom. The number of carbonyl (C=O) groups is 1. The van der Waals surface area contributed by atoms with Crippen molar-refractivity contribution in [3.8, 4) is 11.5 Å². The van der Waals surface area contributed by atoms with Gasteiger partial charge >= 0.3 is 0 Å². The standard InChI is InChI=1S/C23H26N4O5S2/c1-26(2)34(29,30)19-12-17(23(28)27(3)15-22-24-6-9-33-22)11-18(13-19)25-14-16-4-5-20-21(10-16)32-8-7-31-20/h4-6,9-13,25H,7-8,14-15H2,1-3H3. The van der Waals surface area contributed by atoms with E-state index < -0.39 is 10.0 Å². The van der Waals surface area contributed by atoms with Gasteiger partial charge in [-0.1, -0.05) is 6.07 Å². The highest BCUT2D eigenvalue weighted by Crippen LogP contribution is 2.31. The molecular formula is C23H26N4O5S2.